The van der Waals surface area contributed by atoms with Gasteiger partial charge in [0, 0.05) is 25.5 Å². The number of likely N-dealkylation sites (N-methyl/N-ethyl adjacent to an activating group) is 1. The average Bonchev–Trinajstić information content (AvgIpc) is 2.99. The Morgan fingerprint density at radius 3 is 2.92 bits per heavy atom. The van der Waals surface area contributed by atoms with Crippen LogP contribution in [0.5, 0.6) is 0 Å². The Bertz CT molecular complexity index is 1020. The maximum Gasteiger partial charge on any atom is 0.273 e. The minimum absolute atomic E-state index is 0.118. The van der Waals surface area contributed by atoms with Crippen molar-refractivity contribution < 1.29 is 0 Å². The van der Waals surface area contributed by atoms with E-state index in [1.807, 2.05) is 35.5 Å². The third kappa shape index (κ3) is 3.31. The second-order valence-corrected chi connectivity index (χ2v) is 7.28. The number of aromatic nitrogens is 2. The summed E-state index contributed by atoms with van der Waals surface area (Å²) < 4.78 is 3.00. The second-order valence-electron chi connectivity index (χ2n) is 5.54. The minimum atomic E-state index is -0.118. The number of hydrogen-bond donors (Lipinski definition) is 1. The maximum absolute atomic E-state index is 13.0. The summed E-state index contributed by atoms with van der Waals surface area (Å²) in [5, 5.41) is 11.2. The molecule has 0 atom stereocenters. The Labute approximate surface area is 157 Å². The lowest BCUT2D eigenvalue weighted by Gasteiger charge is -2.22. The second kappa shape index (κ2) is 7.35. The van der Waals surface area contributed by atoms with E-state index in [0.717, 1.165) is 10.0 Å². The molecule has 0 bridgehead atoms. The molecule has 0 radical (unpaired) electrons. The first kappa shape index (κ1) is 17.6. The van der Waals surface area contributed by atoms with E-state index in [9.17, 15) is 10.1 Å². The van der Waals surface area contributed by atoms with E-state index in [1.54, 1.807) is 10.6 Å². The molecule has 0 saturated carbocycles. The van der Waals surface area contributed by atoms with Crippen LogP contribution in [0.4, 0.5) is 5.95 Å². The summed E-state index contributed by atoms with van der Waals surface area (Å²) in [6, 6.07) is 9.45. The molecule has 2 heterocycles. The highest BCUT2D eigenvalue weighted by Crippen LogP contribution is 2.28. The van der Waals surface area contributed by atoms with Crippen molar-refractivity contribution in [1.82, 2.24) is 9.55 Å². The van der Waals surface area contributed by atoms with Crippen LogP contribution >= 0.6 is 27.3 Å². The van der Waals surface area contributed by atoms with Crippen molar-refractivity contribution in [3.05, 3.63) is 55.6 Å². The van der Waals surface area contributed by atoms with Gasteiger partial charge in [0.1, 0.15) is 10.2 Å². The molecule has 8 heteroatoms. The number of nitriles is 1. The fraction of sp³-hybridized carbons (Fsp3) is 0.235. The van der Waals surface area contributed by atoms with Crippen LogP contribution in [0.25, 0.3) is 10.2 Å². The van der Waals surface area contributed by atoms with E-state index in [0.29, 0.717) is 34.8 Å². The summed E-state index contributed by atoms with van der Waals surface area (Å²) in [6.45, 7) is 1.30. The van der Waals surface area contributed by atoms with Crippen LogP contribution in [0.2, 0.25) is 0 Å². The summed E-state index contributed by atoms with van der Waals surface area (Å²) in [5.74, 6) is 0.537. The Morgan fingerprint density at radius 1 is 1.44 bits per heavy atom. The number of hydrogen-bond acceptors (Lipinski definition) is 6. The van der Waals surface area contributed by atoms with Crippen LogP contribution in [0.1, 0.15) is 11.1 Å². The van der Waals surface area contributed by atoms with E-state index in [-0.39, 0.29) is 12.1 Å². The van der Waals surface area contributed by atoms with Gasteiger partial charge in [-0.2, -0.15) is 5.26 Å². The lowest BCUT2D eigenvalue weighted by Crippen LogP contribution is -2.33. The first-order valence-electron chi connectivity index (χ1n) is 7.63. The normalized spacial score (nSPS) is 10.8. The van der Waals surface area contributed by atoms with Crippen LogP contribution in [0.15, 0.2) is 38.9 Å². The molecule has 3 aromatic rings. The fourth-order valence-electron chi connectivity index (χ4n) is 2.63. The number of anilines is 1. The van der Waals surface area contributed by atoms with Gasteiger partial charge in [0.05, 0.1) is 22.7 Å². The number of halogens is 1. The number of nitrogens with two attached hydrogens (primary N) is 1. The van der Waals surface area contributed by atoms with Gasteiger partial charge in [-0.25, -0.2) is 4.98 Å². The van der Waals surface area contributed by atoms with E-state index in [4.69, 9.17) is 5.73 Å². The van der Waals surface area contributed by atoms with Crippen LogP contribution < -0.4 is 16.2 Å². The summed E-state index contributed by atoms with van der Waals surface area (Å²) in [7, 11) is 1.85. The van der Waals surface area contributed by atoms with Crippen molar-refractivity contribution >= 4 is 43.4 Å². The van der Waals surface area contributed by atoms with Crippen LogP contribution in [0.3, 0.4) is 0 Å². The highest BCUT2D eigenvalue weighted by molar-refractivity contribution is 9.10. The first-order chi connectivity index (χ1) is 12.1. The lowest BCUT2D eigenvalue weighted by molar-refractivity contribution is 0.710. The van der Waals surface area contributed by atoms with Crippen LogP contribution in [-0.4, -0.2) is 29.7 Å². The molecule has 1 aromatic carbocycles. The number of benzene rings is 1. The lowest BCUT2D eigenvalue weighted by atomic mass is 10.1. The molecule has 2 N–H and O–H groups in total. The van der Waals surface area contributed by atoms with Crippen LogP contribution in [-0.2, 0) is 6.54 Å². The van der Waals surface area contributed by atoms with Crippen LogP contribution in [0, 0.1) is 11.3 Å². The van der Waals surface area contributed by atoms with Gasteiger partial charge in [-0.3, -0.25) is 9.36 Å². The molecule has 0 aliphatic rings. The van der Waals surface area contributed by atoms with Gasteiger partial charge >= 0.3 is 0 Å². The molecule has 128 valence electrons. The topological polar surface area (TPSA) is 87.9 Å². The van der Waals surface area contributed by atoms with Crippen molar-refractivity contribution in [1.29, 1.82) is 5.26 Å². The molecule has 0 aliphatic heterocycles. The highest BCUT2D eigenvalue weighted by Gasteiger charge is 2.18. The van der Waals surface area contributed by atoms with E-state index >= 15 is 0 Å². The van der Waals surface area contributed by atoms with Gasteiger partial charge in [-0.15, -0.1) is 11.3 Å². The van der Waals surface area contributed by atoms with Gasteiger partial charge in [0.25, 0.3) is 5.56 Å². The van der Waals surface area contributed by atoms with Crippen molar-refractivity contribution in [2.45, 2.75) is 6.54 Å². The van der Waals surface area contributed by atoms with Crippen molar-refractivity contribution in [3.8, 4) is 6.07 Å². The molecule has 0 saturated heterocycles. The number of rotatable bonds is 5. The third-order valence-corrected chi connectivity index (χ3v) is 5.75. The van der Waals surface area contributed by atoms with Gasteiger partial charge in [0.15, 0.2) is 0 Å². The van der Waals surface area contributed by atoms with Crippen molar-refractivity contribution in [2.24, 2.45) is 5.73 Å². The van der Waals surface area contributed by atoms with Crippen molar-refractivity contribution in [2.75, 3.05) is 25.0 Å². The van der Waals surface area contributed by atoms with Gasteiger partial charge in [-0.1, -0.05) is 18.2 Å². The zero-order valence-corrected chi connectivity index (χ0v) is 16.0. The standard InChI is InChI=1S/C17H16BrN5OS/c1-22(7-6-19)17-21-14-13(18)10-25-15(14)16(24)23(17)9-12-5-3-2-4-11(12)8-20/h2-5,10H,6-7,9,19H2,1H3. The summed E-state index contributed by atoms with van der Waals surface area (Å²) in [6.07, 6.45) is 0. The summed E-state index contributed by atoms with van der Waals surface area (Å²) >= 11 is 4.81. The number of thiophene rings is 1. The fourth-order valence-corrected chi connectivity index (χ4v) is 4.14. The highest BCUT2D eigenvalue weighted by atomic mass is 79.9. The molecule has 0 aliphatic carbocycles. The number of nitrogens with zero attached hydrogens (tertiary/aromatic N) is 4. The summed E-state index contributed by atoms with van der Waals surface area (Å²) in [5.41, 5.74) is 7.54. The Morgan fingerprint density at radius 2 is 2.20 bits per heavy atom. The zero-order chi connectivity index (χ0) is 18.0. The van der Waals surface area contributed by atoms with E-state index in [1.165, 1.54) is 11.3 Å². The minimum Gasteiger partial charge on any atom is -0.344 e. The quantitative estimate of drug-likeness (QED) is 0.688. The first-order valence-corrected chi connectivity index (χ1v) is 9.30. The van der Waals surface area contributed by atoms with Gasteiger partial charge in [-0.05, 0) is 27.6 Å². The molecule has 0 unspecified atom stereocenters. The van der Waals surface area contributed by atoms with E-state index < -0.39 is 0 Å². The molecule has 0 spiro atoms. The molecule has 6 nitrogen and oxygen atoms in total. The predicted octanol–water partition coefficient (Wildman–Crippen LogP) is 2.54. The molecule has 3 rings (SSSR count). The molecule has 0 fully saturated rings. The molecule has 2 aromatic heterocycles. The number of fused-ring (bicyclic) bond motifs is 1. The largest absolute Gasteiger partial charge is 0.344 e. The Kier molecular flexibility index (Phi) is 5.18. The molecular formula is C17H16BrN5OS. The van der Waals surface area contributed by atoms with Gasteiger partial charge in [0.2, 0.25) is 5.95 Å². The molecule has 0 amide bonds. The SMILES string of the molecule is CN(CCN)c1nc2c(Br)csc2c(=O)n1Cc1ccccc1C#N. The summed E-state index contributed by atoms with van der Waals surface area (Å²) in [4.78, 5) is 19.6. The Balaban J connectivity index is 2.21. The predicted molar refractivity (Wildman–Crippen MR) is 104 cm³/mol. The molecule has 25 heavy (non-hydrogen) atoms. The smallest absolute Gasteiger partial charge is 0.273 e. The Hall–Kier alpha value is -2.21. The third-order valence-electron chi connectivity index (χ3n) is 3.89. The average molecular weight is 418 g/mol. The molecular weight excluding hydrogens is 402 g/mol. The van der Waals surface area contributed by atoms with Gasteiger partial charge < -0.3 is 10.6 Å². The zero-order valence-electron chi connectivity index (χ0n) is 13.6. The van der Waals surface area contributed by atoms with Crippen molar-refractivity contribution in [3.63, 3.8) is 0 Å². The maximum atomic E-state index is 13.0. The monoisotopic (exact) mass is 417 g/mol. The van der Waals surface area contributed by atoms with E-state index in [2.05, 4.69) is 27.0 Å².